The number of benzene rings is 1. The smallest absolute Gasteiger partial charge is 0.233 e. The van der Waals surface area contributed by atoms with Gasteiger partial charge in [0.1, 0.15) is 0 Å². The molecule has 0 aliphatic carbocycles. The summed E-state index contributed by atoms with van der Waals surface area (Å²) in [4.78, 5) is 13.4. The number of nitrogens with zero attached hydrogens (tertiary/aromatic N) is 2. The van der Waals surface area contributed by atoms with Gasteiger partial charge in [0.05, 0.1) is 5.75 Å². The number of nitrogens with two attached hydrogens (primary N) is 2. The molecule has 4 N–H and O–H groups in total. The Hall–Kier alpha value is -1.40. The van der Waals surface area contributed by atoms with Gasteiger partial charge in [0.15, 0.2) is 5.17 Å². The third kappa shape index (κ3) is 4.85. The minimum absolute atomic E-state index is 0.0495. The Morgan fingerprint density at radius 2 is 2.28 bits per heavy atom. The summed E-state index contributed by atoms with van der Waals surface area (Å²) in [6, 6.07) is 7.39. The lowest BCUT2D eigenvalue weighted by Crippen LogP contribution is -2.28. The highest BCUT2D eigenvalue weighted by atomic mass is 35.5. The molecule has 98 valence electrons. The Kier molecular flexibility index (Phi) is 5.80. The Morgan fingerprint density at radius 1 is 1.56 bits per heavy atom. The summed E-state index contributed by atoms with van der Waals surface area (Å²) in [5, 5.41) is 4.13. The summed E-state index contributed by atoms with van der Waals surface area (Å²) in [7, 11) is 1.72. The molecule has 0 spiro atoms. The number of amidine groups is 1. The fourth-order valence-corrected chi connectivity index (χ4v) is 2.06. The van der Waals surface area contributed by atoms with Crippen LogP contribution in [0.25, 0.3) is 0 Å². The van der Waals surface area contributed by atoms with E-state index in [-0.39, 0.29) is 16.8 Å². The number of carbonyl (C=O) groups excluding carboxylic acids is 1. The van der Waals surface area contributed by atoms with Crippen molar-refractivity contribution in [3.63, 3.8) is 0 Å². The quantitative estimate of drug-likeness (QED) is 0.377. The van der Waals surface area contributed by atoms with Gasteiger partial charge in [-0.1, -0.05) is 35.5 Å². The molecule has 7 heteroatoms. The number of halogens is 1. The number of amides is 1. The number of rotatable bonds is 4. The third-order valence-corrected chi connectivity index (χ3v) is 3.23. The van der Waals surface area contributed by atoms with Gasteiger partial charge in [-0.2, -0.15) is 5.10 Å². The Morgan fingerprint density at radius 3 is 2.89 bits per heavy atom. The van der Waals surface area contributed by atoms with Crippen molar-refractivity contribution in [2.45, 2.75) is 6.54 Å². The van der Waals surface area contributed by atoms with Crippen LogP contribution in [0.1, 0.15) is 5.56 Å². The van der Waals surface area contributed by atoms with Crippen LogP contribution in [0.4, 0.5) is 0 Å². The van der Waals surface area contributed by atoms with Crippen molar-refractivity contribution in [2.24, 2.45) is 16.7 Å². The largest absolute Gasteiger partial charge is 0.377 e. The normalized spacial score (nSPS) is 11.3. The molecular weight excluding hydrogens is 272 g/mol. The molecule has 1 amide bonds. The van der Waals surface area contributed by atoms with Crippen molar-refractivity contribution in [2.75, 3.05) is 12.8 Å². The van der Waals surface area contributed by atoms with E-state index in [9.17, 15) is 4.79 Å². The summed E-state index contributed by atoms with van der Waals surface area (Å²) in [6.07, 6.45) is 0. The van der Waals surface area contributed by atoms with Crippen LogP contribution in [0.3, 0.4) is 0 Å². The molecule has 1 aromatic rings. The summed E-state index contributed by atoms with van der Waals surface area (Å²) < 4.78 is 0. The first-order valence-corrected chi connectivity index (χ1v) is 6.54. The number of hydrogen-bond acceptors (Lipinski definition) is 4. The van der Waals surface area contributed by atoms with Gasteiger partial charge in [-0.15, -0.1) is 0 Å². The second kappa shape index (κ2) is 7.13. The lowest BCUT2D eigenvalue weighted by atomic mass is 10.2. The second-order valence-corrected chi connectivity index (χ2v) is 5.07. The molecule has 0 unspecified atom stereocenters. The fourth-order valence-electron chi connectivity index (χ4n) is 1.28. The van der Waals surface area contributed by atoms with E-state index in [1.807, 2.05) is 18.2 Å². The zero-order valence-electron chi connectivity index (χ0n) is 9.97. The zero-order valence-corrected chi connectivity index (χ0v) is 11.5. The van der Waals surface area contributed by atoms with Crippen molar-refractivity contribution in [3.05, 3.63) is 34.9 Å². The van der Waals surface area contributed by atoms with Crippen molar-refractivity contribution in [1.29, 1.82) is 0 Å². The maximum Gasteiger partial charge on any atom is 0.233 e. The monoisotopic (exact) mass is 286 g/mol. The predicted octanol–water partition coefficient (Wildman–Crippen LogP) is 1.22. The number of hydrogen-bond donors (Lipinski definition) is 2. The van der Waals surface area contributed by atoms with Gasteiger partial charge >= 0.3 is 0 Å². The molecule has 0 radical (unpaired) electrons. The molecule has 0 aliphatic heterocycles. The maximum atomic E-state index is 11.8. The van der Waals surface area contributed by atoms with Crippen LogP contribution in [-0.4, -0.2) is 28.8 Å². The van der Waals surface area contributed by atoms with Gasteiger partial charge < -0.3 is 16.5 Å². The lowest BCUT2D eigenvalue weighted by Gasteiger charge is -2.17. The molecule has 0 aliphatic rings. The van der Waals surface area contributed by atoms with Crippen LogP contribution in [-0.2, 0) is 11.3 Å². The molecule has 1 rings (SSSR count). The van der Waals surface area contributed by atoms with E-state index < -0.39 is 0 Å². The predicted molar refractivity (Wildman–Crippen MR) is 76.2 cm³/mol. The van der Waals surface area contributed by atoms with Crippen LogP contribution in [0.5, 0.6) is 0 Å². The number of hydrazone groups is 1. The van der Waals surface area contributed by atoms with Crippen molar-refractivity contribution < 1.29 is 4.79 Å². The van der Waals surface area contributed by atoms with Crippen LogP contribution in [0.15, 0.2) is 29.4 Å². The van der Waals surface area contributed by atoms with Gasteiger partial charge in [0.25, 0.3) is 0 Å². The highest BCUT2D eigenvalue weighted by Crippen LogP contribution is 2.12. The van der Waals surface area contributed by atoms with E-state index in [4.69, 9.17) is 23.2 Å². The first-order chi connectivity index (χ1) is 8.52. The molecule has 0 fully saturated rings. The molecule has 0 saturated carbocycles. The van der Waals surface area contributed by atoms with E-state index in [2.05, 4.69) is 5.10 Å². The molecule has 0 heterocycles. The SMILES string of the molecule is CN(Cc1cccc(Cl)c1)C(=O)CSC(N)=NN. The number of carbonyl (C=O) groups is 1. The lowest BCUT2D eigenvalue weighted by molar-refractivity contribution is -0.127. The topological polar surface area (TPSA) is 84.7 Å². The van der Waals surface area contributed by atoms with E-state index in [1.165, 1.54) is 0 Å². The standard InChI is InChI=1S/C11H15ClN4OS/c1-16(10(17)7-18-11(13)15-14)6-8-3-2-4-9(12)5-8/h2-5H,6-7,14H2,1H3,(H2,13,15). The van der Waals surface area contributed by atoms with E-state index in [0.717, 1.165) is 17.3 Å². The average Bonchev–Trinajstić information content (AvgIpc) is 2.35. The maximum absolute atomic E-state index is 11.8. The fraction of sp³-hybridized carbons (Fsp3) is 0.273. The molecule has 0 atom stereocenters. The van der Waals surface area contributed by atoms with Gasteiger partial charge in [-0.05, 0) is 17.7 Å². The molecular formula is C11H15ClN4OS. The second-order valence-electron chi connectivity index (χ2n) is 3.64. The Labute approximate surface area is 115 Å². The van der Waals surface area contributed by atoms with Crippen LogP contribution < -0.4 is 11.6 Å². The van der Waals surface area contributed by atoms with Crippen molar-refractivity contribution in [3.8, 4) is 0 Å². The molecule has 0 aromatic heterocycles. The first-order valence-electron chi connectivity index (χ1n) is 5.17. The van der Waals surface area contributed by atoms with Crippen LogP contribution in [0.2, 0.25) is 5.02 Å². The Bertz CT molecular complexity index is 452. The number of thioether (sulfide) groups is 1. The van der Waals surface area contributed by atoms with E-state index in [0.29, 0.717) is 11.6 Å². The van der Waals surface area contributed by atoms with Gasteiger partial charge in [0, 0.05) is 18.6 Å². The van der Waals surface area contributed by atoms with Crippen molar-refractivity contribution in [1.82, 2.24) is 4.90 Å². The molecule has 0 saturated heterocycles. The minimum Gasteiger partial charge on any atom is -0.377 e. The summed E-state index contributed by atoms with van der Waals surface area (Å²) in [5.41, 5.74) is 6.37. The van der Waals surface area contributed by atoms with Gasteiger partial charge in [-0.3, -0.25) is 4.79 Å². The van der Waals surface area contributed by atoms with Gasteiger partial charge in [-0.25, -0.2) is 0 Å². The van der Waals surface area contributed by atoms with Crippen molar-refractivity contribution >= 4 is 34.4 Å². The zero-order chi connectivity index (χ0) is 13.5. The third-order valence-electron chi connectivity index (χ3n) is 2.21. The average molecular weight is 287 g/mol. The molecule has 5 nitrogen and oxygen atoms in total. The highest BCUT2D eigenvalue weighted by Gasteiger charge is 2.10. The van der Waals surface area contributed by atoms with Gasteiger partial charge in [0.2, 0.25) is 5.91 Å². The molecule has 18 heavy (non-hydrogen) atoms. The summed E-state index contributed by atoms with van der Waals surface area (Å²) >= 11 is 6.99. The first kappa shape index (κ1) is 14.7. The van der Waals surface area contributed by atoms with Crippen LogP contribution in [0, 0.1) is 0 Å². The summed E-state index contributed by atoms with van der Waals surface area (Å²) in [6.45, 7) is 0.500. The van der Waals surface area contributed by atoms with E-state index >= 15 is 0 Å². The Balaban J connectivity index is 2.50. The molecule has 1 aromatic carbocycles. The molecule has 0 bridgehead atoms. The highest BCUT2D eigenvalue weighted by molar-refractivity contribution is 8.14. The minimum atomic E-state index is -0.0495. The van der Waals surface area contributed by atoms with Crippen LogP contribution >= 0.6 is 23.4 Å². The summed E-state index contributed by atoms with van der Waals surface area (Å²) in [5.74, 6) is 5.14. The van der Waals surface area contributed by atoms with E-state index in [1.54, 1.807) is 18.0 Å².